The molecule has 26 heavy (non-hydrogen) atoms. The molecule has 3 aromatic rings. The number of phenolic OH excluding ortho intramolecular Hbond substituents is 1. The summed E-state index contributed by atoms with van der Waals surface area (Å²) in [7, 11) is 1.54. The van der Waals surface area contributed by atoms with Crippen LogP contribution in [0.3, 0.4) is 0 Å². The normalized spacial score (nSPS) is 11.4. The third kappa shape index (κ3) is 3.49. The lowest BCUT2D eigenvalue weighted by Crippen LogP contribution is -2.20. The standard InChI is InChI=1S/C20H19N3O3/c1-12-10-17(15-6-4-5-7-18(15)21-12)20(25)23-22-13(2)16-11-14(26-3)8-9-19(16)24/h4-11,24H,1-3H3,(H,23,25). The van der Waals surface area contributed by atoms with Crippen LogP contribution in [0.5, 0.6) is 11.5 Å². The molecule has 6 nitrogen and oxygen atoms in total. The Balaban J connectivity index is 1.90. The van der Waals surface area contributed by atoms with Gasteiger partial charge in [0.05, 0.1) is 23.9 Å². The number of nitrogens with one attached hydrogen (secondary N) is 1. The number of aryl methyl sites for hydroxylation is 1. The molecule has 2 aromatic carbocycles. The zero-order valence-corrected chi connectivity index (χ0v) is 14.8. The second-order valence-electron chi connectivity index (χ2n) is 5.85. The topological polar surface area (TPSA) is 83.8 Å². The van der Waals surface area contributed by atoms with E-state index in [2.05, 4.69) is 15.5 Å². The molecule has 0 bridgehead atoms. The summed E-state index contributed by atoms with van der Waals surface area (Å²) in [5.74, 6) is 0.314. The summed E-state index contributed by atoms with van der Waals surface area (Å²) in [6.45, 7) is 3.54. The summed E-state index contributed by atoms with van der Waals surface area (Å²) in [4.78, 5) is 17.1. The van der Waals surface area contributed by atoms with E-state index in [9.17, 15) is 9.90 Å². The first-order chi connectivity index (χ1) is 12.5. The molecule has 3 rings (SSSR count). The van der Waals surface area contributed by atoms with E-state index in [1.807, 2.05) is 31.2 Å². The van der Waals surface area contributed by atoms with Gasteiger partial charge in [0.2, 0.25) is 0 Å². The van der Waals surface area contributed by atoms with Gasteiger partial charge in [-0.3, -0.25) is 9.78 Å². The zero-order chi connectivity index (χ0) is 18.7. The number of nitrogens with zero attached hydrogens (tertiary/aromatic N) is 2. The molecule has 0 spiro atoms. The summed E-state index contributed by atoms with van der Waals surface area (Å²) < 4.78 is 5.16. The van der Waals surface area contributed by atoms with Crippen molar-refractivity contribution < 1.29 is 14.6 Å². The average molecular weight is 349 g/mol. The minimum absolute atomic E-state index is 0.0616. The Hall–Kier alpha value is -3.41. The van der Waals surface area contributed by atoms with Crippen LogP contribution in [0, 0.1) is 6.92 Å². The fourth-order valence-electron chi connectivity index (χ4n) is 2.68. The molecule has 0 atom stereocenters. The van der Waals surface area contributed by atoms with Gasteiger partial charge in [-0.05, 0) is 44.2 Å². The van der Waals surface area contributed by atoms with Gasteiger partial charge >= 0.3 is 0 Å². The van der Waals surface area contributed by atoms with Gasteiger partial charge in [-0.1, -0.05) is 18.2 Å². The van der Waals surface area contributed by atoms with Crippen molar-refractivity contribution in [1.82, 2.24) is 10.4 Å². The number of aromatic hydroxyl groups is 1. The van der Waals surface area contributed by atoms with E-state index >= 15 is 0 Å². The van der Waals surface area contributed by atoms with Crippen molar-refractivity contribution in [2.24, 2.45) is 5.10 Å². The Morgan fingerprint density at radius 3 is 2.69 bits per heavy atom. The number of hydrogen-bond acceptors (Lipinski definition) is 5. The van der Waals surface area contributed by atoms with Crippen LogP contribution in [0.15, 0.2) is 53.6 Å². The smallest absolute Gasteiger partial charge is 0.272 e. The van der Waals surface area contributed by atoms with Crippen LogP contribution in [0.1, 0.15) is 28.5 Å². The summed E-state index contributed by atoms with van der Waals surface area (Å²) in [6.07, 6.45) is 0. The number of benzene rings is 2. The van der Waals surface area contributed by atoms with Crippen LogP contribution >= 0.6 is 0 Å². The lowest BCUT2D eigenvalue weighted by Gasteiger charge is -2.09. The molecule has 0 unspecified atom stereocenters. The number of hydrazone groups is 1. The molecule has 1 heterocycles. The molecule has 0 aliphatic rings. The number of carbonyl (C=O) groups excluding carboxylic acids is 1. The number of fused-ring (bicyclic) bond motifs is 1. The quantitative estimate of drug-likeness (QED) is 0.558. The van der Waals surface area contributed by atoms with Gasteiger partial charge in [0.1, 0.15) is 11.5 Å². The fraction of sp³-hybridized carbons (Fsp3) is 0.150. The van der Waals surface area contributed by atoms with E-state index in [0.29, 0.717) is 22.6 Å². The van der Waals surface area contributed by atoms with E-state index in [1.165, 1.54) is 6.07 Å². The van der Waals surface area contributed by atoms with E-state index < -0.39 is 0 Å². The van der Waals surface area contributed by atoms with Gasteiger partial charge in [-0.15, -0.1) is 0 Å². The minimum atomic E-state index is -0.339. The summed E-state index contributed by atoms with van der Waals surface area (Å²) in [5.41, 5.74) is 5.50. The van der Waals surface area contributed by atoms with Gasteiger partial charge in [0.25, 0.3) is 5.91 Å². The van der Waals surface area contributed by atoms with Crippen molar-refractivity contribution >= 4 is 22.5 Å². The Morgan fingerprint density at radius 2 is 1.92 bits per heavy atom. The van der Waals surface area contributed by atoms with Crippen molar-refractivity contribution in [3.8, 4) is 11.5 Å². The molecule has 0 aliphatic heterocycles. The van der Waals surface area contributed by atoms with E-state index in [0.717, 1.165) is 16.6 Å². The van der Waals surface area contributed by atoms with Gasteiger partial charge < -0.3 is 9.84 Å². The summed E-state index contributed by atoms with van der Waals surface area (Å²) in [5, 5.41) is 14.9. The average Bonchev–Trinajstić information content (AvgIpc) is 2.65. The van der Waals surface area contributed by atoms with Crippen molar-refractivity contribution in [2.75, 3.05) is 7.11 Å². The Bertz CT molecular complexity index is 1010. The van der Waals surface area contributed by atoms with Crippen molar-refractivity contribution in [3.63, 3.8) is 0 Å². The third-order valence-electron chi connectivity index (χ3n) is 4.01. The minimum Gasteiger partial charge on any atom is -0.507 e. The lowest BCUT2D eigenvalue weighted by molar-refractivity contribution is 0.0956. The van der Waals surface area contributed by atoms with Gasteiger partial charge in [-0.2, -0.15) is 5.10 Å². The number of para-hydroxylation sites is 1. The Morgan fingerprint density at radius 1 is 1.15 bits per heavy atom. The third-order valence-corrected chi connectivity index (χ3v) is 4.01. The number of carbonyl (C=O) groups is 1. The van der Waals surface area contributed by atoms with E-state index in [4.69, 9.17) is 4.74 Å². The molecular weight excluding hydrogens is 330 g/mol. The summed E-state index contributed by atoms with van der Waals surface area (Å²) in [6, 6.07) is 14.0. The second kappa shape index (κ2) is 7.23. The van der Waals surface area contributed by atoms with Crippen LogP contribution in [0.4, 0.5) is 0 Å². The SMILES string of the molecule is COc1ccc(O)c(C(C)=NNC(=O)c2cc(C)nc3ccccc23)c1. The lowest BCUT2D eigenvalue weighted by atomic mass is 10.1. The first-order valence-corrected chi connectivity index (χ1v) is 8.08. The molecule has 0 radical (unpaired) electrons. The second-order valence-corrected chi connectivity index (χ2v) is 5.85. The molecule has 1 aromatic heterocycles. The van der Waals surface area contributed by atoms with Crippen molar-refractivity contribution in [3.05, 3.63) is 65.4 Å². The highest BCUT2D eigenvalue weighted by molar-refractivity contribution is 6.07. The maximum atomic E-state index is 12.6. The first kappa shape index (κ1) is 17.4. The molecule has 0 aliphatic carbocycles. The Kier molecular flexibility index (Phi) is 4.84. The van der Waals surface area contributed by atoms with E-state index in [1.54, 1.807) is 32.2 Å². The molecule has 132 valence electrons. The van der Waals surface area contributed by atoms with E-state index in [-0.39, 0.29) is 11.7 Å². The highest BCUT2D eigenvalue weighted by Gasteiger charge is 2.12. The number of pyridine rings is 1. The van der Waals surface area contributed by atoms with Crippen LogP contribution in [0.25, 0.3) is 10.9 Å². The number of hydrogen-bond donors (Lipinski definition) is 2. The number of aromatic nitrogens is 1. The fourth-order valence-corrected chi connectivity index (χ4v) is 2.68. The molecular formula is C20H19N3O3. The molecule has 1 amide bonds. The van der Waals surface area contributed by atoms with Crippen LogP contribution in [-0.2, 0) is 0 Å². The zero-order valence-electron chi connectivity index (χ0n) is 14.8. The van der Waals surface area contributed by atoms with Crippen LogP contribution in [-0.4, -0.2) is 28.8 Å². The van der Waals surface area contributed by atoms with Crippen LogP contribution < -0.4 is 10.2 Å². The van der Waals surface area contributed by atoms with Crippen molar-refractivity contribution in [2.45, 2.75) is 13.8 Å². The van der Waals surface area contributed by atoms with Crippen molar-refractivity contribution in [1.29, 1.82) is 0 Å². The van der Waals surface area contributed by atoms with Gasteiger partial charge in [0.15, 0.2) is 0 Å². The maximum Gasteiger partial charge on any atom is 0.272 e. The summed E-state index contributed by atoms with van der Waals surface area (Å²) >= 11 is 0. The monoisotopic (exact) mass is 349 g/mol. The maximum absolute atomic E-state index is 12.6. The molecule has 0 fully saturated rings. The number of rotatable bonds is 4. The number of phenols is 1. The predicted molar refractivity (Wildman–Crippen MR) is 101 cm³/mol. The first-order valence-electron chi connectivity index (χ1n) is 8.08. The number of methoxy groups -OCH3 is 1. The molecule has 6 heteroatoms. The van der Waals surface area contributed by atoms with Gasteiger partial charge in [0, 0.05) is 16.6 Å². The largest absolute Gasteiger partial charge is 0.507 e. The van der Waals surface area contributed by atoms with Gasteiger partial charge in [-0.25, -0.2) is 5.43 Å². The molecule has 0 saturated heterocycles. The Labute approximate surface area is 151 Å². The highest BCUT2D eigenvalue weighted by Crippen LogP contribution is 2.23. The molecule has 2 N–H and O–H groups in total. The molecule has 0 saturated carbocycles. The number of ether oxygens (including phenoxy) is 1. The highest BCUT2D eigenvalue weighted by atomic mass is 16.5. The number of amides is 1. The predicted octanol–water partition coefficient (Wildman–Crippen LogP) is 3.41. The van der Waals surface area contributed by atoms with Crippen LogP contribution in [0.2, 0.25) is 0 Å².